The van der Waals surface area contributed by atoms with Crippen LogP contribution in [0.4, 0.5) is 16.4 Å². The average molecular weight is 587 g/mol. The van der Waals surface area contributed by atoms with Crippen molar-refractivity contribution >= 4 is 17.7 Å². The van der Waals surface area contributed by atoms with E-state index >= 15 is 0 Å². The largest absolute Gasteiger partial charge is 0.351 e. The van der Waals surface area contributed by atoms with Crippen molar-refractivity contribution < 1.29 is 4.79 Å². The molecule has 1 aliphatic rings. The number of nitrogens with one attached hydrogen (secondary N) is 2. The molecule has 222 valence electrons. The van der Waals surface area contributed by atoms with E-state index in [4.69, 9.17) is 0 Å². The molecule has 11 nitrogen and oxygen atoms in total. The molecule has 0 radical (unpaired) electrons. The fourth-order valence-corrected chi connectivity index (χ4v) is 5.73. The Labute approximate surface area is 256 Å². The van der Waals surface area contributed by atoms with E-state index in [2.05, 4.69) is 36.9 Å². The van der Waals surface area contributed by atoms with Crippen LogP contribution in [0.3, 0.4) is 0 Å². The highest BCUT2D eigenvalue weighted by atomic mass is 16.2. The summed E-state index contributed by atoms with van der Waals surface area (Å²) in [5.74, 6) is 0.479. The second-order valence-electron chi connectivity index (χ2n) is 11.0. The summed E-state index contributed by atoms with van der Waals surface area (Å²) in [6.45, 7) is 0.454. The van der Waals surface area contributed by atoms with Gasteiger partial charge in [0.1, 0.15) is 11.8 Å². The molecule has 1 fully saturated rings. The number of carbonyl (C=O) groups is 1. The van der Waals surface area contributed by atoms with Crippen molar-refractivity contribution in [3.8, 4) is 28.6 Å². The summed E-state index contributed by atoms with van der Waals surface area (Å²) in [5.41, 5.74) is 5.69. The normalized spacial score (nSPS) is 16.2. The summed E-state index contributed by atoms with van der Waals surface area (Å²) in [4.78, 5) is 24.7. The zero-order chi connectivity index (χ0) is 30.5. The first-order valence-corrected chi connectivity index (χ1v) is 14.7. The monoisotopic (exact) mass is 586 g/mol. The minimum absolute atomic E-state index is 0.0277. The van der Waals surface area contributed by atoms with E-state index in [1.165, 1.54) is 0 Å². The minimum atomic E-state index is -0.115. The van der Waals surface area contributed by atoms with E-state index in [-0.39, 0.29) is 18.1 Å². The Balaban J connectivity index is 1.17. The van der Waals surface area contributed by atoms with E-state index < -0.39 is 0 Å². The number of aryl methyl sites for hydroxylation is 2. The van der Waals surface area contributed by atoms with Crippen LogP contribution in [0.25, 0.3) is 22.5 Å². The molecule has 11 heteroatoms. The number of urea groups is 1. The molecule has 44 heavy (non-hydrogen) atoms. The molecule has 6 rings (SSSR count). The Kier molecular flexibility index (Phi) is 8.32. The standard InChI is InChI=1S/C33H34N10O/c1-41-22-26(21-38-41)24-8-12-28(13-9-24)43(33(44)36-19-23-6-4-3-5-7-23)29-14-10-27(11-15-29)39-32-35-20-25(18-34)31(40-32)30-16-17-37-42(30)2/h3-9,12-13,16-17,20-22,27,29H,10-11,14-15,19H2,1-2H3,(H,36,44)(H,35,39,40)/t27-,29-. The number of anilines is 2. The molecule has 1 aliphatic carbocycles. The van der Waals surface area contributed by atoms with E-state index in [0.29, 0.717) is 23.8 Å². The Morgan fingerprint density at radius 2 is 1.75 bits per heavy atom. The van der Waals surface area contributed by atoms with Gasteiger partial charge in [-0.1, -0.05) is 42.5 Å². The molecule has 2 N–H and O–H groups in total. The molecule has 0 bridgehead atoms. The van der Waals surface area contributed by atoms with Crippen molar-refractivity contribution in [2.24, 2.45) is 14.1 Å². The number of aromatic nitrogens is 6. The Morgan fingerprint density at radius 3 is 2.41 bits per heavy atom. The summed E-state index contributed by atoms with van der Waals surface area (Å²) < 4.78 is 3.47. The predicted octanol–water partition coefficient (Wildman–Crippen LogP) is 5.29. The summed E-state index contributed by atoms with van der Waals surface area (Å²) >= 11 is 0. The Hall–Kier alpha value is -5.50. The van der Waals surface area contributed by atoms with Crippen molar-refractivity contribution in [1.29, 1.82) is 5.26 Å². The maximum absolute atomic E-state index is 13.7. The lowest BCUT2D eigenvalue weighted by molar-refractivity contribution is 0.240. The molecule has 0 saturated heterocycles. The van der Waals surface area contributed by atoms with Crippen LogP contribution in [0.5, 0.6) is 0 Å². The number of hydrogen-bond donors (Lipinski definition) is 2. The first kappa shape index (κ1) is 28.6. The summed E-state index contributed by atoms with van der Waals surface area (Å²) in [6.07, 6.45) is 10.3. The van der Waals surface area contributed by atoms with Crippen LogP contribution in [0, 0.1) is 11.3 Å². The number of nitriles is 1. The number of carbonyl (C=O) groups excluding carboxylic acids is 1. The van der Waals surface area contributed by atoms with Gasteiger partial charge in [-0.15, -0.1) is 0 Å². The van der Waals surface area contributed by atoms with Crippen LogP contribution in [-0.4, -0.2) is 47.6 Å². The van der Waals surface area contributed by atoms with Crippen LogP contribution in [0.2, 0.25) is 0 Å². The van der Waals surface area contributed by atoms with Crippen molar-refractivity contribution in [2.45, 2.75) is 44.3 Å². The van der Waals surface area contributed by atoms with Crippen molar-refractivity contribution in [1.82, 2.24) is 34.8 Å². The van der Waals surface area contributed by atoms with Crippen LogP contribution in [-0.2, 0) is 20.6 Å². The van der Waals surface area contributed by atoms with Gasteiger partial charge >= 0.3 is 6.03 Å². The number of nitrogens with zero attached hydrogens (tertiary/aromatic N) is 8. The third kappa shape index (κ3) is 6.29. The molecule has 0 atom stereocenters. The van der Waals surface area contributed by atoms with Crippen LogP contribution >= 0.6 is 0 Å². The lowest BCUT2D eigenvalue weighted by Gasteiger charge is -2.37. The molecule has 1 saturated carbocycles. The summed E-state index contributed by atoms with van der Waals surface area (Å²) in [6, 6.07) is 22.1. The van der Waals surface area contributed by atoms with E-state index in [9.17, 15) is 10.1 Å². The molecular formula is C33H34N10O. The van der Waals surface area contributed by atoms with Crippen LogP contribution in [0.15, 0.2) is 85.5 Å². The molecule has 2 aromatic carbocycles. The topological polar surface area (TPSA) is 130 Å². The summed E-state index contributed by atoms with van der Waals surface area (Å²) in [5, 5.41) is 24.7. The van der Waals surface area contributed by atoms with Gasteiger partial charge in [0.2, 0.25) is 5.95 Å². The van der Waals surface area contributed by atoms with Crippen molar-refractivity contribution in [2.75, 3.05) is 10.2 Å². The van der Waals surface area contributed by atoms with Gasteiger partial charge in [-0.3, -0.25) is 14.3 Å². The van der Waals surface area contributed by atoms with Gasteiger partial charge in [0, 0.05) is 56.4 Å². The first-order valence-electron chi connectivity index (χ1n) is 14.7. The van der Waals surface area contributed by atoms with Gasteiger partial charge in [-0.2, -0.15) is 15.5 Å². The molecule has 3 aromatic heterocycles. The third-order valence-electron chi connectivity index (χ3n) is 8.06. The highest BCUT2D eigenvalue weighted by Crippen LogP contribution is 2.31. The van der Waals surface area contributed by atoms with Gasteiger partial charge in [-0.25, -0.2) is 14.8 Å². The molecule has 5 aromatic rings. The predicted molar refractivity (Wildman–Crippen MR) is 168 cm³/mol. The summed E-state index contributed by atoms with van der Waals surface area (Å²) in [7, 11) is 3.72. The fourth-order valence-electron chi connectivity index (χ4n) is 5.73. The lowest BCUT2D eigenvalue weighted by Crippen LogP contribution is -2.48. The Bertz CT molecular complexity index is 1760. The Morgan fingerprint density at radius 1 is 0.977 bits per heavy atom. The van der Waals surface area contributed by atoms with Gasteiger partial charge in [0.05, 0.1) is 23.7 Å². The van der Waals surface area contributed by atoms with Crippen LogP contribution in [0.1, 0.15) is 36.8 Å². The highest BCUT2D eigenvalue weighted by molar-refractivity contribution is 5.93. The minimum Gasteiger partial charge on any atom is -0.351 e. The molecule has 0 unspecified atom stereocenters. The van der Waals surface area contributed by atoms with Gasteiger partial charge in [0.25, 0.3) is 0 Å². The van der Waals surface area contributed by atoms with Crippen LogP contribution < -0.4 is 15.5 Å². The third-order valence-corrected chi connectivity index (χ3v) is 8.06. The number of rotatable bonds is 8. The first-order chi connectivity index (χ1) is 21.5. The molecule has 0 aliphatic heterocycles. The second-order valence-corrected chi connectivity index (χ2v) is 11.0. The van der Waals surface area contributed by atoms with E-state index in [0.717, 1.165) is 53.8 Å². The quantitative estimate of drug-likeness (QED) is 0.253. The smallest absolute Gasteiger partial charge is 0.322 e. The van der Waals surface area contributed by atoms with Gasteiger partial charge in [-0.05, 0) is 55.0 Å². The molecule has 2 amide bonds. The number of amides is 2. The SMILES string of the molecule is Cn1cc(-c2ccc(N(C(=O)NCc3ccccc3)[C@H]3CC[C@H](Nc4ncc(C#N)c(-c5ccnn5C)n4)CC3)cc2)cn1. The molecule has 3 heterocycles. The zero-order valence-electron chi connectivity index (χ0n) is 24.8. The fraction of sp³-hybridized carbons (Fsp3) is 0.273. The average Bonchev–Trinajstić information content (AvgIpc) is 3.69. The molecular weight excluding hydrogens is 552 g/mol. The number of benzene rings is 2. The number of hydrogen-bond acceptors (Lipinski definition) is 7. The van der Waals surface area contributed by atoms with Crippen molar-refractivity contribution in [3.63, 3.8) is 0 Å². The highest BCUT2D eigenvalue weighted by Gasteiger charge is 2.30. The zero-order valence-corrected chi connectivity index (χ0v) is 24.8. The lowest BCUT2D eigenvalue weighted by atomic mass is 9.90. The maximum Gasteiger partial charge on any atom is 0.322 e. The van der Waals surface area contributed by atoms with E-state index in [1.807, 2.05) is 92.1 Å². The van der Waals surface area contributed by atoms with Crippen molar-refractivity contribution in [3.05, 3.63) is 96.6 Å². The molecule has 0 spiro atoms. The maximum atomic E-state index is 13.7. The van der Waals surface area contributed by atoms with Gasteiger partial charge in [0.15, 0.2) is 0 Å². The second kappa shape index (κ2) is 12.8. The van der Waals surface area contributed by atoms with E-state index in [1.54, 1.807) is 21.8 Å². The van der Waals surface area contributed by atoms with Gasteiger partial charge < -0.3 is 10.6 Å².